The zero-order valence-corrected chi connectivity index (χ0v) is 15.0. The molecule has 1 aliphatic heterocycles. The van der Waals surface area contributed by atoms with Crippen LogP contribution in [0.15, 0.2) is 29.3 Å². The highest BCUT2D eigenvalue weighted by molar-refractivity contribution is 6.20. The molecule has 132 valence electrons. The largest absolute Gasteiger partial charge is 0.379 e. The molecule has 0 saturated carbocycles. The minimum absolute atomic E-state index is 0.206. The van der Waals surface area contributed by atoms with E-state index in [4.69, 9.17) is 0 Å². The number of hydrogen-bond acceptors (Lipinski definition) is 3. The number of para-hydroxylation sites is 1. The number of benzene rings is 1. The van der Waals surface area contributed by atoms with Gasteiger partial charge in [0, 0.05) is 5.56 Å². The Bertz CT molecular complexity index is 551. The van der Waals surface area contributed by atoms with Crippen molar-refractivity contribution in [2.45, 2.75) is 83.7 Å². The minimum Gasteiger partial charge on any atom is -0.379 e. The van der Waals surface area contributed by atoms with Gasteiger partial charge in [0.05, 0.1) is 11.4 Å². The van der Waals surface area contributed by atoms with E-state index in [9.17, 15) is 9.90 Å². The Kier molecular flexibility index (Phi) is 8.17. The number of aliphatic hydroxyl groups is 1. The third-order valence-corrected chi connectivity index (χ3v) is 4.78. The minimum atomic E-state index is -1.04. The van der Waals surface area contributed by atoms with Crippen LogP contribution in [0.1, 0.15) is 87.9 Å². The molecule has 3 nitrogen and oxygen atoms in total. The molecule has 1 N–H and O–H groups in total. The van der Waals surface area contributed by atoms with Gasteiger partial charge in [-0.2, -0.15) is 0 Å². The summed E-state index contributed by atoms with van der Waals surface area (Å²) < 4.78 is 0. The Hall–Kier alpha value is -1.48. The van der Waals surface area contributed by atoms with E-state index < -0.39 is 6.10 Å². The van der Waals surface area contributed by atoms with E-state index in [2.05, 4.69) is 11.9 Å². The van der Waals surface area contributed by atoms with Crippen molar-refractivity contribution in [1.82, 2.24) is 0 Å². The van der Waals surface area contributed by atoms with Crippen molar-refractivity contribution in [1.29, 1.82) is 0 Å². The molecule has 0 spiro atoms. The number of rotatable bonds is 11. The lowest BCUT2D eigenvalue weighted by Crippen LogP contribution is -2.32. The standard InChI is InChI=1S/C21H31NO2/c1-2-3-4-5-6-7-8-9-10-11-16-19-21(24)20(23)17-14-12-13-15-18(17)22-19/h12-15,21,24H,2-11,16H2,1H3. The van der Waals surface area contributed by atoms with Gasteiger partial charge in [0.25, 0.3) is 0 Å². The van der Waals surface area contributed by atoms with E-state index in [-0.39, 0.29) is 5.78 Å². The third-order valence-electron chi connectivity index (χ3n) is 4.78. The zero-order valence-electron chi connectivity index (χ0n) is 15.0. The van der Waals surface area contributed by atoms with Crippen LogP contribution in [0, 0.1) is 0 Å². The van der Waals surface area contributed by atoms with E-state index in [1.54, 1.807) is 6.07 Å². The molecule has 2 rings (SSSR count). The van der Waals surface area contributed by atoms with Crippen LogP contribution in [0.5, 0.6) is 0 Å². The SMILES string of the molecule is CCCCCCCCCCCCC1=Nc2ccccc2C(=O)C1O. The van der Waals surface area contributed by atoms with Crippen molar-refractivity contribution in [3.63, 3.8) is 0 Å². The van der Waals surface area contributed by atoms with Crippen molar-refractivity contribution >= 4 is 17.2 Å². The molecule has 1 heterocycles. The number of unbranched alkanes of at least 4 members (excludes halogenated alkanes) is 9. The van der Waals surface area contributed by atoms with Gasteiger partial charge < -0.3 is 5.11 Å². The van der Waals surface area contributed by atoms with Crippen LogP contribution in [0.3, 0.4) is 0 Å². The molecule has 1 atom stereocenters. The number of carbonyl (C=O) groups excluding carboxylic acids is 1. The molecule has 1 unspecified atom stereocenters. The van der Waals surface area contributed by atoms with Gasteiger partial charge in [-0.15, -0.1) is 0 Å². The van der Waals surface area contributed by atoms with Gasteiger partial charge in [-0.05, 0) is 25.0 Å². The van der Waals surface area contributed by atoms with Crippen molar-refractivity contribution < 1.29 is 9.90 Å². The van der Waals surface area contributed by atoms with Gasteiger partial charge in [0.1, 0.15) is 0 Å². The zero-order chi connectivity index (χ0) is 17.2. The molecule has 0 bridgehead atoms. The molecular weight excluding hydrogens is 298 g/mol. The Labute approximate surface area is 146 Å². The first-order valence-electron chi connectivity index (χ1n) is 9.62. The predicted molar refractivity (Wildman–Crippen MR) is 100 cm³/mol. The molecule has 0 saturated heterocycles. The monoisotopic (exact) mass is 329 g/mol. The number of ketones is 1. The van der Waals surface area contributed by atoms with Gasteiger partial charge in [0.2, 0.25) is 0 Å². The first kappa shape index (κ1) is 18.9. The molecule has 1 aromatic rings. The number of fused-ring (bicyclic) bond motifs is 1. The molecular formula is C21H31NO2. The van der Waals surface area contributed by atoms with Gasteiger partial charge in [-0.25, -0.2) is 0 Å². The van der Waals surface area contributed by atoms with Gasteiger partial charge in [0.15, 0.2) is 11.9 Å². The predicted octanol–water partition coefficient (Wildman–Crippen LogP) is 5.63. The second-order valence-electron chi connectivity index (χ2n) is 6.82. The maximum absolute atomic E-state index is 12.2. The number of carbonyl (C=O) groups is 1. The summed E-state index contributed by atoms with van der Waals surface area (Å²) in [4.78, 5) is 16.7. The smallest absolute Gasteiger partial charge is 0.199 e. The van der Waals surface area contributed by atoms with Crippen LogP contribution in [-0.2, 0) is 0 Å². The van der Waals surface area contributed by atoms with E-state index >= 15 is 0 Å². The van der Waals surface area contributed by atoms with E-state index in [1.807, 2.05) is 18.2 Å². The second-order valence-corrected chi connectivity index (χ2v) is 6.82. The van der Waals surface area contributed by atoms with E-state index in [0.717, 1.165) is 19.3 Å². The first-order valence-corrected chi connectivity index (χ1v) is 9.62. The second kappa shape index (κ2) is 10.4. The summed E-state index contributed by atoms with van der Waals surface area (Å²) in [5, 5.41) is 10.1. The quantitative estimate of drug-likeness (QED) is 0.535. The Morgan fingerprint density at radius 1 is 0.917 bits per heavy atom. The summed E-state index contributed by atoms with van der Waals surface area (Å²) in [6, 6.07) is 7.27. The summed E-state index contributed by atoms with van der Waals surface area (Å²) in [7, 11) is 0. The van der Waals surface area contributed by atoms with Crippen LogP contribution in [0.25, 0.3) is 0 Å². The highest BCUT2D eigenvalue weighted by atomic mass is 16.3. The number of aliphatic hydroxyl groups excluding tert-OH is 1. The molecule has 0 amide bonds. The third kappa shape index (κ3) is 5.55. The molecule has 0 aromatic heterocycles. The van der Waals surface area contributed by atoms with Crippen LogP contribution in [0.2, 0.25) is 0 Å². The lowest BCUT2D eigenvalue weighted by atomic mass is 9.94. The molecule has 1 aliphatic rings. The Morgan fingerprint density at radius 2 is 1.50 bits per heavy atom. The molecule has 24 heavy (non-hydrogen) atoms. The average Bonchev–Trinajstić information content (AvgIpc) is 2.60. The number of hydrogen-bond donors (Lipinski definition) is 1. The highest BCUT2D eigenvalue weighted by Crippen LogP contribution is 2.27. The van der Waals surface area contributed by atoms with E-state index in [0.29, 0.717) is 17.0 Å². The topological polar surface area (TPSA) is 49.7 Å². The average molecular weight is 329 g/mol. The van der Waals surface area contributed by atoms with Crippen molar-refractivity contribution in [2.75, 3.05) is 0 Å². The fraction of sp³-hybridized carbons (Fsp3) is 0.619. The summed E-state index contributed by atoms with van der Waals surface area (Å²) in [6.07, 6.45) is 12.5. The fourth-order valence-electron chi connectivity index (χ4n) is 3.28. The van der Waals surface area contributed by atoms with Gasteiger partial charge in [-0.3, -0.25) is 9.79 Å². The lowest BCUT2D eigenvalue weighted by Gasteiger charge is -2.19. The number of nitrogens with zero attached hydrogens (tertiary/aromatic N) is 1. The first-order chi connectivity index (χ1) is 11.7. The maximum atomic E-state index is 12.2. The summed E-state index contributed by atoms with van der Waals surface area (Å²) in [5.74, 6) is -0.206. The summed E-state index contributed by atoms with van der Waals surface area (Å²) in [6.45, 7) is 2.25. The lowest BCUT2D eigenvalue weighted by molar-refractivity contribution is 0.0838. The van der Waals surface area contributed by atoms with Gasteiger partial charge in [-0.1, -0.05) is 76.8 Å². The molecule has 0 radical (unpaired) electrons. The highest BCUT2D eigenvalue weighted by Gasteiger charge is 2.28. The number of Topliss-reactive ketones (excluding diaryl/α,β-unsaturated/α-hetero) is 1. The van der Waals surface area contributed by atoms with Gasteiger partial charge >= 0.3 is 0 Å². The molecule has 0 fully saturated rings. The summed E-state index contributed by atoms with van der Waals surface area (Å²) >= 11 is 0. The Balaban J connectivity index is 1.64. The van der Waals surface area contributed by atoms with Crippen LogP contribution >= 0.6 is 0 Å². The Morgan fingerprint density at radius 3 is 2.17 bits per heavy atom. The molecule has 3 heteroatoms. The van der Waals surface area contributed by atoms with Crippen molar-refractivity contribution in [3.8, 4) is 0 Å². The normalized spacial score (nSPS) is 16.8. The van der Waals surface area contributed by atoms with Crippen molar-refractivity contribution in [2.24, 2.45) is 4.99 Å². The van der Waals surface area contributed by atoms with Crippen LogP contribution in [0.4, 0.5) is 5.69 Å². The van der Waals surface area contributed by atoms with Crippen LogP contribution in [-0.4, -0.2) is 22.7 Å². The van der Waals surface area contributed by atoms with E-state index in [1.165, 1.54) is 51.4 Å². The fourth-order valence-corrected chi connectivity index (χ4v) is 3.28. The maximum Gasteiger partial charge on any atom is 0.199 e. The number of aliphatic imine (C=N–C) groups is 1. The molecule has 0 aliphatic carbocycles. The van der Waals surface area contributed by atoms with Crippen LogP contribution < -0.4 is 0 Å². The molecule has 1 aromatic carbocycles. The summed E-state index contributed by atoms with van der Waals surface area (Å²) in [5.41, 5.74) is 1.88. The van der Waals surface area contributed by atoms with Crippen molar-refractivity contribution in [3.05, 3.63) is 29.8 Å².